The molecule has 0 aliphatic carbocycles. The fourth-order valence-electron chi connectivity index (χ4n) is 1.90. The number of likely N-dealkylation sites (N-methyl/N-ethyl adjacent to an activating group) is 1. The van der Waals surface area contributed by atoms with Crippen molar-refractivity contribution in [2.75, 3.05) is 39.9 Å². The van der Waals surface area contributed by atoms with Crippen LogP contribution in [0.5, 0.6) is 0 Å². The van der Waals surface area contributed by atoms with Gasteiger partial charge in [0.25, 0.3) is 0 Å². The summed E-state index contributed by atoms with van der Waals surface area (Å²) < 4.78 is 5.35. The van der Waals surface area contributed by atoms with Gasteiger partial charge < -0.3 is 15.0 Å². The molecule has 12 heavy (non-hydrogen) atoms. The molecule has 1 unspecified atom stereocenters. The summed E-state index contributed by atoms with van der Waals surface area (Å²) in [6.45, 7) is 5.55. The third-order valence-corrected chi connectivity index (χ3v) is 2.94. The normalized spacial score (nSPS) is 31.0. The second-order valence-electron chi connectivity index (χ2n) is 3.98. The van der Waals surface area contributed by atoms with E-state index in [1.165, 1.54) is 26.1 Å². The lowest BCUT2D eigenvalue weighted by atomic mass is 10.0. The Morgan fingerprint density at radius 2 is 2.33 bits per heavy atom. The number of hydrogen-bond acceptors (Lipinski definition) is 3. The molecule has 0 aromatic rings. The maximum Gasteiger partial charge on any atom is 0.0622 e. The van der Waals surface area contributed by atoms with E-state index in [1.807, 2.05) is 0 Å². The summed E-state index contributed by atoms with van der Waals surface area (Å²) in [7, 11) is 2.22. The van der Waals surface area contributed by atoms with Crippen molar-refractivity contribution in [3.8, 4) is 0 Å². The molecule has 3 heteroatoms. The second-order valence-corrected chi connectivity index (χ2v) is 3.98. The van der Waals surface area contributed by atoms with Crippen molar-refractivity contribution >= 4 is 0 Å². The highest BCUT2D eigenvalue weighted by atomic mass is 16.5. The Kier molecular flexibility index (Phi) is 2.63. The largest absolute Gasteiger partial charge is 0.380 e. The summed E-state index contributed by atoms with van der Waals surface area (Å²) in [6, 6.07) is 0.686. The zero-order valence-corrected chi connectivity index (χ0v) is 7.75. The molecular weight excluding hydrogens is 152 g/mol. The van der Waals surface area contributed by atoms with Gasteiger partial charge in [-0.1, -0.05) is 0 Å². The molecule has 1 atom stereocenters. The van der Waals surface area contributed by atoms with Crippen molar-refractivity contribution in [3.05, 3.63) is 0 Å². The fourth-order valence-corrected chi connectivity index (χ4v) is 1.90. The van der Waals surface area contributed by atoms with E-state index in [0.717, 1.165) is 19.1 Å². The molecule has 2 aliphatic rings. The molecule has 0 saturated carbocycles. The van der Waals surface area contributed by atoms with Gasteiger partial charge in [0.1, 0.15) is 0 Å². The second kappa shape index (κ2) is 3.73. The van der Waals surface area contributed by atoms with Gasteiger partial charge in [-0.05, 0) is 19.4 Å². The molecule has 2 saturated heterocycles. The van der Waals surface area contributed by atoms with E-state index in [1.54, 1.807) is 0 Å². The van der Waals surface area contributed by atoms with Crippen LogP contribution in [0.4, 0.5) is 0 Å². The quantitative estimate of drug-likeness (QED) is 0.641. The first-order chi connectivity index (χ1) is 5.86. The van der Waals surface area contributed by atoms with Crippen LogP contribution in [0.3, 0.4) is 0 Å². The Hall–Kier alpha value is -0.120. The van der Waals surface area contributed by atoms with Gasteiger partial charge in [0.05, 0.1) is 6.61 Å². The van der Waals surface area contributed by atoms with E-state index in [-0.39, 0.29) is 0 Å². The highest BCUT2D eigenvalue weighted by Gasteiger charge is 2.24. The first-order valence-corrected chi connectivity index (χ1v) is 4.85. The van der Waals surface area contributed by atoms with E-state index < -0.39 is 0 Å². The molecule has 0 spiro atoms. The summed E-state index contributed by atoms with van der Waals surface area (Å²) in [5, 5.41) is 3.30. The molecule has 3 nitrogen and oxygen atoms in total. The van der Waals surface area contributed by atoms with Crippen LogP contribution in [0.15, 0.2) is 0 Å². The van der Waals surface area contributed by atoms with Crippen molar-refractivity contribution in [2.24, 2.45) is 5.92 Å². The van der Waals surface area contributed by atoms with Gasteiger partial charge in [0.15, 0.2) is 0 Å². The smallest absolute Gasteiger partial charge is 0.0622 e. The third-order valence-electron chi connectivity index (χ3n) is 2.94. The Morgan fingerprint density at radius 1 is 1.50 bits per heavy atom. The number of hydrogen-bond donors (Lipinski definition) is 1. The standard InChI is InChI=1S/C9H18N2O/c1-11(6-8-4-10-5-8)9-2-3-12-7-9/h8-10H,2-7H2,1H3. The number of ether oxygens (including phenoxy) is 1. The average molecular weight is 170 g/mol. The number of rotatable bonds is 3. The molecule has 0 aromatic carbocycles. The zero-order valence-electron chi connectivity index (χ0n) is 7.75. The van der Waals surface area contributed by atoms with Crippen molar-refractivity contribution < 1.29 is 4.74 Å². The number of nitrogens with zero attached hydrogens (tertiary/aromatic N) is 1. The van der Waals surface area contributed by atoms with Crippen LogP contribution in [-0.4, -0.2) is 50.8 Å². The van der Waals surface area contributed by atoms with Crippen LogP contribution in [0.1, 0.15) is 6.42 Å². The molecule has 0 amide bonds. The molecule has 2 rings (SSSR count). The lowest BCUT2D eigenvalue weighted by Crippen LogP contribution is -2.49. The maximum absolute atomic E-state index is 5.35. The third kappa shape index (κ3) is 1.79. The van der Waals surface area contributed by atoms with Crippen LogP contribution in [0.2, 0.25) is 0 Å². The van der Waals surface area contributed by atoms with Gasteiger partial charge >= 0.3 is 0 Å². The van der Waals surface area contributed by atoms with Gasteiger partial charge in [0, 0.05) is 32.3 Å². The highest BCUT2D eigenvalue weighted by Crippen LogP contribution is 2.13. The average Bonchev–Trinajstić information content (AvgIpc) is 2.47. The Balaban J connectivity index is 1.71. The summed E-state index contributed by atoms with van der Waals surface area (Å²) >= 11 is 0. The SMILES string of the molecule is CN(CC1CNC1)C1CCOC1. The van der Waals surface area contributed by atoms with Crippen molar-refractivity contribution in [2.45, 2.75) is 12.5 Å². The molecule has 0 bridgehead atoms. The van der Waals surface area contributed by atoms with Crippen molar-refractivity contribution in [1.29, 1.82) is 0 Å². The van der Waals surface area contributed by atoms with Gasteiger partial charge in [-0.25, -0.2) is 0 Å². The van der Waals surface area contributed by atoms with Crippen LogP contribution in [0, 0.1) is 5.92 Å². The van der Waals surface area contributed by atoms with E-state index in [9.17, 15) is 0 Å². The molecular formula is C9H18N2O. The predicted octanol–water partition coefficient (Wildman–Crippen LogP) is -0.0735. The first kappa shape index (κ1) is 8.48. The highest BCUT2D eigenvalue weighted by molar-refractivity contribution is 4.81. The Morgan fingerprint density at radius 3 is 2.83 bits per heavy atom. The molecule has 1 N–H and O–H groups in total. The molecule has 0 aromatic heterocycles. The monoisotopic (exact) mass is 170 g/mol. The molecule has 0 radical (unpaired) electrons. The Labute approximate surface area is 74.1 Å². The van der Waals surface area contributed by atoms with Crippen LogP contribution < -0.4 is 5.32 Å². The lowest BCUT2D eigenvalue weighted by molar-refractivity contribution is 0.138. The zero-order chi connectivity index (χ0) is 8.39. The van der Waals surface area contributed by atoms with E-state index in [2.05, 4.69) is 17.3 Å². The minimum atomic E-state index is 0.686. The van der Waals surface area contributed by atoms with Gasteiger partial charge in [-0.2, -0.15) is 0 Å². The minimum absolute atomic E-state index is 0.686. The predicted molar refractivity (Wildman–Crippen MR) is 48.2 cm³/mol. The number of nitrogens with one attached hydrogen (secondary N) is 1. The van der Waals surface area contributed by atoms with Crippen LogP contribution in [0.25, 0.3) is 0 Å². The summed E-state index contributed by atoms with van der Waals surface area (Å²) in [4.78, 5) is 2.46. The lowest BCUT2D eigenvalue weighted by Gasteiger charge is -2.33. The molecule has 2 fully saturated rings. The van der Waals surface area contributed by atoms with E-state index >= 15 is 0 Å². The molecule has 70 valence electrons. The minimum Gasteiger partial charge on any atom is -0.380 e. The molecule has 2 aliphatic heterocycles. The fraction of sp³-hybridized carbons (Fsp3) is 1.00. The Bertz CT molecular complexity index is 141. The van der Waals surface area contributed by atoms with Gasteiger partial charge in [-0.15, -0.1) is 0 Å². The summed E-state index contributed by atoms with van der Waals surface area (Å²) in [5.41, 5.74) is 0. The van der Waals surface area contributed by atoms with E-state index in [0.29, 0.717) is 6.04 Å². The van der Waals surface area contributed by atoms with Crippen LogP contribution >= 0.6 is 0 Å². The topological polar surface area (TPSA) is 24.5 Å². The van der Waals surface area contributed by atoms with Gasteiger partial charge in [-0.3, -0.25) is 0 Å². The maximum atomic E-state index is 5.35. The van der Waals surface area contributed by atoms with E-state index in [4.69, 9.17) is 4.74 Å². The van der Waals surface area contributed by atoms with Gasteiger partial charge in [0.2, 0.25) is 0 Å². The van der Waals surface area contributed by atoms with Crippen LogP contribution in [-0.2, 0) is 4.74 Å². The molecule has 2 heterocycles. The van der Waals surface area contributed by atoms with Crippen molar-refractivity contribution in [3.63, 3.8) is 0 Å². The summed E-state index contributed by atoms with van der Waals surface area (Å²) in [6.07, 6.45) is 1.22. The van der Waals surface area contributed by atoms with Crippen molar-refractivity contribution in [1.82, 2.24) is 10.2 Å². The summed E-state index contributed by atoms with van der Waals surface area (Å²) in [5.74, 6) is 0.885. The first-order valence-electron chi connectivity index (χ1n) is 4.85.